The van der Waals surface area contributed by atoms with Crippen LogP contribution in [0.25, 0.3) is 0 Å². The van der Waals surface area contributed by atoms with Gasteiger partial charge in [0.15, 0.2) is 5.57 Å². The molecule has 0 atom stereocenters. The molecule has 0 saturated carbocycles. The minimum absolute atomic E-state index is 0.170. The van der Waals surface area contributed by atoms with Crippen molar-refractivity contribution in [1.82, 2.24) is 14.7 Å². The Morgan fingerprint density at radius 3 is 2.31 bits per heavy atom. The second kappa shape index (κ2) is 11.5. The number of hydrogen-bond acceptors (Lipinski definition) is 7. The first-order valence-corrected chi connectivity index (χ1v) is 11.1. The highest BCUT2D eigenvalue weighted by Crippen LogP contribution is 2.27. The molecule has 1 aliphatic heterocycles. The third-order valence-corrected chi connectivity index (χ3v) is 5.36. The smallest absolute Gasteiger partial charge is 0.347 e. The molecule has 2 aromatic rings. The van der Waals surface area contributed by atoms with Crippen LogP contribution in [0.5, 0.6) is 0 Å². The van der Waals surface area contributed by atoms with E-state index < -0.39 is 11.9 Å². The highest BCUT2D eigenvalue weighted by Gasteiger charge is 2.24. The van der Waals surface area contributed by atoms with E-state index in [0.29, 0.717) is 0 Å². The molecule has 2 heterocycles. The summed E-state index contributed by atoms with van der Waals surface area (Å²) in [5.74, 6) is -0.693. The van der Waals surface area contributed by atoms with Gasteiger partial charge in [0, 0.05) is 31.9 Å². The average molecular weight is 441 g/mol. The maximum Gasteiger partial charge on any atom is 0.347 e. The van der Waals surface area contributed by atoms with Crippen molar-refractivity contribution in [2.24, 2.45) is 0 Å². The molecule has 0 aliphatic carbocycles. The van der Waals surface area contributed by atoms with Gasteiger partial charge in [-0.25, -0.2) is 14.3 Å². The summed E-state index contributed by atoms with van der Waals surface area (Å²) in [6.07, 6.45) is 3.29. The number of nitrogens with zero attached hydrogens (tertiary/aromatic N) is 3. The Kier molecular flexibility index (Phi) is 8.44. The Morgan fingerprint density at radius 1 is 1.09 bits per heavy atom. The standard InChI is InChI=1S/C24H32N4O4/c1-4-31-23(29)21(24(30)32-5-2)16-25-22-15-18(3)26-28(22)20-11-13-27(14-12-20)17-19-9-7-6-8-10-19/h6-10,15-16,20,25H,4-5,11-14,17H2,1-3H3. The SMILES string of the molecule is CCOC(=O)C(=CNc1cc(C)nn1C1CCN(Cc2ccccc2)CC1)C(=O)OCC. The highest BCUT2D eigenvalue weighted by molar-refractivity contribution is 6.14. The van der Waals surface area contributed by atoms with Gasteiger partial charge in [-0.3, -0.25) is 4.90 Å². The Balaban J connectivity index is 1.68. The van der Waals surface area contributed by atoms with Crippen molar-refractivity contribution in [1.29, 1.82) is 0 Å². The van der Waals surface area contributed by atoms with E-state index in [1.54, 1.807) is 13.8 Å². The highest BCUT2D eigenvalue weighted by atomic mass is 16.6. The zero-order valence-corrected chi connectivity index (χ0v) is 19.0. The molecule has 3 rings (SSSR count). The number of aromatic nitrogens is 2. The fourth-order valence-corrected chi connectivity index (χ4v) is 3.83. The van der Waals surface area contributed by atoms with E-state index in [2.05, 4.69) is 39.6 Å². The van der Waals surface area contributed by atoms with Crippen LogP contribution in [-0.2, 0) is 25.6 Å². The minimum atomic E-state index is -0.713. The number of hydrogen-bond donors (Lipinski definition) is 1. The maximum absolute atomic E-state index is 12.2. The molecule has 0 unspecified atom stereocenters. The number of likely N-dealkylation sites (tertiary alicyclic amines) is 1. The maximum atomic E-state index is 12.2. The van der Waals surface area contributed by atoms with Crippen molar-refractivity contribution < 1.29 is 19.1 Å². The minimum Gasteiger partial charge on any atom is -0.462 e. The van der Waals surface area contributed by atoms with Gasteiger partial charge in [-0.15, -0.1) is 0 Å². The summed E-state index contributed by atoms with van der Waals surface area (Å²) in [6.45, 7) is 8.56. The number of rotatable bonds is 9. The van der Waals surface area contributed by atoms with Gasteiger partial charge in [0.25, 0.3) is 0 Å². The molecule has 0 amide bonds. The number of carbonyl (C=O) groups excluding carboxylic acids is 2. The van der Waals surface area contributed by atoms with E-state index in [-0.39, 0.29) is 24.8 Å². The van der Waals surface area contributed by atoms with Gasteiger partial charge in [-0.05, 0) is 39.2 Å². The average Bonchev–Trinajstić information content (AvgIpc) is 3.16. The van der Waals surface area contributed by atoms with Gasteiger partial charge >= 0.3 is 11.9 Å². The summed E-state index contributed by atoms with van der Waals surface area (Å²) in [5, 5.41) is 7.74. The van der Waals surface area contributed by atoms with Crippen molar-refractivity contribution in [2.45, 2.75) is 46.2 Å². The van der Waals surface area contributed by atoms with Gasteiger partial charge in [0.05, 0.1) is 24.9 Å². The normalized spacial score (nSPS) is 14.6. The predicted octanol–water partition coefficient (Wildman–Crippen LogP) is 3.45. The second-order valence-electron chi connectivity index (χ2n) is 7.75. The van der Waals surface area contributed by atoms with E-state index >= 15 is 0 Å². The number of nitrogens with one attached hydrogen (secondary N) is 1. The van der Waals surface area contributed by atoms with Crippen LogP contribution in [-0.4, -0.2) is 52.9 Å². The molecule has 1 aromatic heterocycles. The summed E-state index contributed by atoms with van der Waals surface area (Å²) in [7, 11) is 0. The molecule has 8 nitrogen and oxygen atoms in total. The van der Waals surface area contributed by atoms with Crippen LogP contribution in [0.3, 0.4) is 0 Å². The van der Waals surface area contributed by atoms with Crippen LogP contribution >= 0.6 is 0 Å². The van der Waals surface area contributed by atoms with Crippen LogP contribution in [0.4, 0.5) is 5.82 Å². The lowest BCUT2D eigenvalue weighted by Crippen LogP contribution is -2.34. The van der Waals surface area contributed by atoms with Gasteiger partial charge in [-0.1, -0.05) is 30.3 Å². The number of anilines is 1. The van der Waals surface area contributed by atoms with Gasteiger partial charge in [0.1, 0.15) is 5.82 Å². The number of ether oxygens (including phenoxy) is 2. The van der Waals surface area contributed by atoms with E-state index in [9.17, 15) is 9.59 Å². The second-order valence-corrected chi connectivity index (χ2v) is 7.75. The number of esters is 2. The first-order chi connectivity index (χ1) is 15.5. The molecular formula is C24H32N4O4. The summed E-state index contributed by atoms with van der Waals surface area (Å²) in [6, 6.07) is 12.6. The molecule has 1 aromatic carbocycles. The lowest BCUT2D eigenvalue weighted by molar-refractivity contribution is -0.146. The van der Waals surface area contributed by atoms with Crippen molar-refractivity contribution in [2.75, 3.05) is 31.6 Å². The molecule has 1 N–H and O–H groups in total. The first-order valence-electron chi connectivity index (χ1n) is 11.1. The number of benzene rings is 1. The Labute approximate surface area is 189 Å². The Morgan fingerprint density at radius 2 is 1.72 bits per heavy atom. The van der Waals surface area contributed by atoms with Crippen molar-refractivity contribution >= 4 is 17.8 Å². The Hall–Kier alpha value is -3.13. The number of carbonyl (C=O) groups is 2. The third-order valence-electron chi connectivity index (χ3n) is 5.36. The van der Waals surface area contributed by atoms with E-state index in [1.165, 1.54) is 11.8 Å². The molecule has 1 aliphatic rings. The summed E-state index contributed by atoms with van der Waals surface area (Å²) >= 11 is 0. The van der Waals surface area contributed by atoms with E-state index in [4.69, 9.17) is 9.47 Å². The van der Waals surface area contributed by atoms with Crippen molar-refractivity contribution in [3.05, 3.63) is 59.4 Å². The molecule has 0 radical (unpaired) electrons. The monoisotopic (exact) mass is 440 g/mol. The zero-order valence-electron chi connectivity index (χ0n) is 19.0. The fourth-order valence-electron chi connectivity index (χ4n) is 3.83. The molecular weight excluding hydrogens is 408 g/mol. The van der Waals surface area contributed by atoms with Crippen molar-refractivity contribution in [3.63, 3.8) is 0 Å². The van der Waals surface area contributed by atoms with Crippen LogP contribution in [0.1, 0.15) is 44.0 Å². The number of piperidine rings is 1. The third kappa shape index (κ3) is 6.20. The van der Waals surface area contributed by atoms with Gasteiger partial charge < -0.3 is 14.8 Å². The lowest BCUT2D eigenvalue weighted by atomic mass is 10.0. The quantitative estimate of drug-likeness (QED) is 0.277. The molecule has 0 bridgehead atoms. The lowest BCUT2D eigenvalue weighted by Gasteiger charge is -2.32. The first kappa shape index (κ1) is 23.5. The fraction of sp³-hybridized carbons (Fsp3) is 0.458. The van der Waals surface area contributed by atoms with Gasteiger partial charge in [-0.2, -0.15) is 5.10 Å². The molecule has 8 heteroatoms. The summed E-state index contributed by atoms with van der Waals surface area (Å²) in [5.41, 5.74) is 2.01. The van der Waals surface area contributed by atoms with Crippen molar-refractivity contribution in [3.8, 4) is 0 Å². The summed E-state index contributed by atoms with van der Waals surface area (Å²) < 4.78 is 12.0. The summed E-state index contributed by atoms with van der Waals surface area (Å²) in [4.78, 5) is 26.9. The van der Waals surface area contributed by atoms with Crippen LogP contribution in [0.15, 0.2) is 48.2 Å². The predicted molar refractivity (Wildman–Crippen MR) is 122 cm³/mol. The largest absolute Gasteiger partial charge is 0.462 e. The van der Waals surface area contributed by atoms with Crippen LogP contribution in [0, 0.1) is 6.92 Å². The topological polar surface area (TPSA) is 85.7 Å². The van der Waals surface area contributed by atoms with Gasteiger partial charge in [0.2, 0.25) is 0 Å². The molecule has 172 valence electrons. The molecule has 1 saturated heterocycles. The number of aryl methyl sites for hydroxylation is 1. The van der Waals surface area contributed by atoms with Crippen LogP contribution < -0.4 is 5.32 Å². The molecule has 32 heavy (non-hydrogen) atoms. The van der Waals surface area contributed by atoms with Crippen LogP contribution in [0.2, 0.25) is 0 Å². The molecule has 0 spiro atoms. The van der Waals surface area contributed by atoms with E-state index in [0.717, 1.165) is 44.0 Å². The zero-order chi connectivity index (χ0) is 22.9. The van der Waals surface area contributed by atoms with E-state index in [1.807, 2.05) is 23.7 Å². The Bertz CT molecular complexity index is 911. The molecule has 1 fully saturated rings.